The minimum atomic E-state index is -3.55. The van der Waals surface area contributed by atoms with Crippen LogP contribution in [0.4, 0.5) is 5.69 Å². The Bertz CT molecular complexity index is 1090. The van der Waals surface area contributed by atoms with Crippen LogP contribution in [0.5, 0.6) is 0 Å². The lowest BCUT2D eigenvalue weighted by Crippen LogP contribution is -2.49. The van der Waals surface area contributed by atoms with Crippen molar-refractivity contribution in [3.8, 4) is 0 Å². The van der Waals surface area contributed by atoms with Gasteiger partial charge in [0.25, 0.3) is 0 Å². The molecule has 9 heteroatoms. The molecular weight excluding hydrogens is 486 g/mol. The second-order valence-corrected chi connectivity index (χ2v) is 11.0. The SMILES string of the molecule is CCCNC(=O)[C@@H](CC)N(Cc1cccc(C)c1)C(=O)CCCN(c1ccc(Cl)cc1)S(C)(=O)=O. The van der Waals surface area contributed by atoms with Crippen molar-refractivity contribution >= 4 is 39.1 Å². The fraction of sp³-hybridized carbons (Fsp3) is 0.462. The van der Waals surface area contributed by atoms with Gasteiger partial charge in [0.15, 0.2) is 0 Å². The molecule has 0 spiro atoms. The van der Waals surface area contributed by atoms with Gasteiger partial charge in [0.2, 0.25) is 21.8 Å². The van der Waals surface area contributed by atoms with Crippen molar-refractivity contribution in [3.63, 3.8) is 0 Å². The maximum absolute atomic E-state index is 13.4. The Kier molecular flexibility index (Phi) is 11.0. The highest BCUT2D eigenvalue weighted by molar-refractivity contribution is 7.92. The first kappa shape index (κ1) is 28.7. The average molecular weight is 522 g/mol. The van der Waals surface area contributed by atoms with E-state index in [1.54, 1.807) is 29.2 Å². The second-order valence-electron chi connectivity index (χ2n) is 8.64. The minimum Gasteiger partial charge on any atom is -0.354 e. The Hall–Kier alpha value is -2.58. The largest absolute Gasteiger partial charge is 0.354 e. The van der Waals surface area contributed by atoms with Gasteiger partial charge >= 0.3 is 0 Å². The van der Waals surface area contributed by atoms with Crippen molar-refractivity contribution < 1.29 is 18.0 Å². The molecule has 0 aliphatic heterocycles. The molecule has 7 nitrogen and oxygen atoms in total. The number of nitrogens with zero attached hydrogens (tertiary/aromatic N) is 2. The van der Waals surface area contributed by atoms with Gasteiger partial charge in [-0.2, -0.15) is 0 Å². The number of hydrogen-bond donors (Lipinski definition) is 1. The third kappa shape index (κ3) is 8.85. The zero-order valence-electron chi connectivity index (χ0n) is 21.0. The van der Waals surface area contributed by atoms with Crippen molar-refractivity contribution in [1.29, 1.82) is 0 Å². The number of sulfonamides is 1. The highest BCUT2D eigenvalue weighted by Gasteiger charge is 2.28. The number of rotatable bonds is 13. The lowest BCUT2D eigenvalue weighted by molar-refractivity contribution is -0.141. The average Bonchev–Trinajstić information content (AvgIpc) is 2.80. The Morgan fingerprint density at radius 1 is 1.09 bits per heavy atom. The molecule has 2 rings (SSSR count). The van der Waals surface area contributed by atoms with E-state index in [0.717, 1.165) is 23.8 Å². The molecule has 2 aromatic rings. The van der Waals surface area contributed by atoms with E-state index >= 15 is 0 Å². The standard InChI is InChI=1S/C26H36ClN3O4S/c1-5-16-28-26(32)24(6-2)29(19-21-10-7-9-20(3)18-21)25(31)11-8-17-30(35(4,33)34)23-14-12-22(27)13-15-23/h7,9-10,12-15,18,24H,5-6,8,11,16-17,19H2,1-4H3,(H,28,32)/t24-/m1/s1. The first-order valence-electron chi connectivity index (χ1n) is 11.9. The van der Waals surface area contributed by atoms with Crippen LogP contribution in [0.15, 0.2) is 48.5 Å². The van der Waals surface area contributed by atoms with Gasteiger partial charge in [0.05, 0.1) is 11.9 Å². The van der Waals surface area contributed by atoms with Crippen molar-refractivity contribution in [2.45, 2.75) is 59.0 Å². The summed E-state index contributed by atoms with van der Waals surface area (Å²) >= 11 is 5.94. The molecule has 1 atom stereocenters. The predicted molar refractivity (Wildman–Crippen MR) is 142 cm³/mol. The summed E-state index contributed by atoms with van der Waals surface area (Å²) in [7, 11) is -3.55. The van der Waals surface area contributed by atoms with Crippen molar-refractivity contribution in [2.24, 2.45) is 0 Å². The Balaban J connectivity index is 2.19. The molecule has 192 valence electrons. The molecule has 0 radical (unpaired) electrons. The van der Waals surface area contributed by atoms with Crippen LogP contribution in [0.3, 0.4) is 0 Å². The van der Waals surface area contributed by atoms with Gasteiger partial charge in [-0.3, -0.25) is 13.9 Å². The highest BCUT2D eigenvalue weighted by Crippen LogP contribution is 2.22. The van der Waals surface area contributed by atoms with E-state index in [9.17, 15) is 18.0 Å². The molecule has 2 aromatic carbocycles. The van der Waals surface area contributed by atoms with E-state index in [2.05, 4.69) is 5.32 Å². The van der Waals surface area contributed by atoms with Gasteiger partial charge in [-0.25, -0.2) is 8.42 Å². The Labute approximate surface area is 214 Å². The summed E-state index contributed by atoms with van der Waals surface area (Å²) < 4.78 is 26.0. The van der Waals surface area contributed by atoms with Crippen LogP contribution in [-0.4, -0.2) is 50.5 Å². The molecule has 0 aliphatic carbocycles. The summed E-state index contributed by atoms with van der Waals surface area (Å²) in [6.07, 6.45) is 2.85. The summed E-state index contributed by atoms with van der Waals surface area (Å²) in [6.45, 7) is 6.85. The molecule has 0 saturated heterocycles. The Morgan fingerprint density at radius 3 is 2.34 bits per heavy atom. The maximum atomic E-state index is 13.4. The first-order valence-corrected chi connectivity index (χ1v) is 14.2. The normalized spacial score (nSPS) is 12.1. The lowest BCUT2D eigenvalue weighted by Gasteiger charge is -2.31. The molecule has 0 aromatic heterocycles. The van der Waals surface area contributed by atoms with Gasteiger partial charge in [0, 0.05) is 31.1 Å². The van der Waals surface area contributed by atoms with Gasteiger partial charge in [-0.05, 0) is 56.0 Å². The quantitative estimate of drug-likeness (QED) is 0.419. The van der Waals surface area contributed by atoms with Crippen LogP contribution in [-0.2, 0) is 26.2 Å². The Morgan fingerprint density at radius 2 is 1.77 bits per heavy atom. The number of benzene rings is 2. The van der Waals surface area contributed by atoms with E-state index in [4.69, 9.17) is 11.6 Å². The van der Waals surface area contributed by atoms with Crippen LogP contribution >= 0.6 is 11.6 Å². The molecule has 0 unspecified atom stereocenters. The number of carbonyl (C=O) groups excluding carboxylic acids is 2. The molecular formula is C26H36ClN3O4S. The van der Waals surface area contributed by atoms with E-state index in [1.807, 2.05) is 45.0 Å². The van der Waals surface area contributed by atoms with E-state index in [1.165, 1.54) is 4.31 Å². The number of carbonyl (C=O) groups is 2. The lowest BCUT2D eigenvalue weighted by atomic mass is 10.1. The van der Waals surface area contributed by atoms with Crippen LogP contribution in [0.25, 0.3) is 0 Å². The summed E-state index contributed by atoms with van der Waals surface area (Å²) in [4.78, 5) is 27.9. The fourth-order valence-electron chi connectivity index (χ4n) is 3.90. The molecule has 0 fully saturated rings. The topological polar surface area (TPSA) is 86.8 Å². The van der Waals surface area contributed by atoms with E-state index in [-0.39, 0.29) is 24.8 Å². The summed E-state index contributed by atoms with van der Waals surface area (Å²) in [5.41, 5.74) is 2.51. The number of hydrogen-bond acceptors (Lipinski definition) is 4. The molecule has 2 amide bonds. The smallest absolute Gasteiger partial charge is 0.242 e. The molecule has 0 saturated carbocycles. The first-order chi connectivity index (χ1) is 16.6. The molecule has 0 bridgehead atoms. The zero-order valence-corrected chi connectivity index (χ0v) is 22.5. The zero-order chi connectivity index (χ0) is 26.0. The van der Waals surface area contributed by atoms with Gasteiger partial charge < -0.3 is 10.2 Å². The van der Waals surface area contributed by atoms with E-state index in [0.29, 0.717) is 36.6 Å². The molecule has 1 N–H and O–H groups in total. The molecule has 0 aliphatic rings. The van der Waals surface area contributed by atoms with E-state index < -0.39 is 16.1 Å². The summed E-state index contributed by atoms with van der Waals surface area (Å²) in [6, 6.07) is 13.8. The highest BCUT2D eigenvalue weighted by atomic mass is 35.5. The second kappa shape index (κ2) is 13.5. The third-order valence-electron chi connectivity index (χ3n) is 5.64. The van der Waals surface area contributed by atoms with Crippen molar-refractivity contribution in [2.75, 3.05) is 23.7 Å². The van der Waals surface area contributed by atoms with Gasteiger partial charge in [-0.15, -0.1) is 0 Å². The van der Waals surface area contributed by atoms with Crippen LogP contribution < -0.4 is 9.62 Å². The molecule has 0 heterocycles. The van der Waals surface area contributed by atoms with Crippen LogP contribution in [0, 0.1) is 6.92 Å². The summed E-state index contributed by atoms with van der Waals surface area (Å²) in [5.74, 6) is -0.358. The van der Waals surface area contributed by atoms with Crippen LogP contribution in [0.2, 0.25) is 5.02 Å². The maximum Gasteiger partial charge on any atom is 0.242 e. The number of nitrogens with one attached hydrogen (secondary N) is 1. The predicted octanol–water partition coefficient (Wildman–Crippen LogP) is 4.53. The number of halogens is 1. The number of amides is 2. The monoisotopic (exact) mass is 521 g/mol. The third-order valence-corrected chi connectivity index (χ3v) is 7.08. The van der Waals surface area contributed by atoms with Crippen molar-refractivity contribution in [3.05, 3.63) is 64.7 Å². The van der Waals surface area contributed by atoms with Crippen LogP contribution in [0.1, 0.15) is 50.7 Å². The molecule has 35 heavy (non-hydrogen) atoms. The number of aryl methyl sites for hydroxylation is 1. The van der Waals surface area contributed by atoms with Gasteiger partial charge in [-0.1, -0.05) is 55.3 Å². The fourth-order valence-corrected chi connectivity index (χ4v) is 5.00. The van der Waals surface area contributed by atoms with Gasteiger partial charge in [0.1, 0.15) is 6.04 Å². The minimum absolute atomic E-state index is 0.114. The van der Waals surface area contributed by atoms with Crippen molar-refractivity contribution in [1.82, 2.24) is 10.2 Å². The number of anilines is 1. The summed E-state index contributed by atoms with van der Waals surface area (Å²) in [5, 5.41) is 3.42.